The van der Waals surface area contributed by atoms with Gasteiger partial charge < -0.3 is 14.6 Å². The molecule has 1 N–H and O–H groups in total. The molecule has 3 heterocycles. The molecule has 0 saturated carbocycles. The number of benzene rings is 3. The van der Waals surface area contributed by atoms with E-state index in [0.29, 0.717) is 38.4 Å². The molecule has 2 aliphatic rings. The van der Waals surface area contributed by atoms with E-state index in [-0.39, 0.29) is 22.6 Å². The Morgan fingerprint density at radius 1 is 1.15 bits per heavy atom. The Labute approximate surface area is 249 Å². The number of carbonyl (C=O) groups excluding carboxylic acids is 2. The summed E-state index contributed by atoms with van der Waals surface area (Å²) in [7, 11) is 1.56. The highest BCUT2D eigenvalue weighted by Crippen LogP contribution is 2.45. The fourth-order valence-corrected chi connectivity index (χ4v) is 7.12. The second kappa shape index (κ2) is 11.2. The summed E-state index contributed by atoms with van der Waals surface area (Å²) in [4.78, 5) is 28.4. The number of Topliss-reactive ketones (excluding diaryl/α,β-unsaturated/α-hetero) is 1. The minimum atomic E-state index is -0.918. The van der Waals surface area contributed by atoms with Crippen molar-refractivity contribution in [3.63, 3.8) is 0 Å². The van der Waals surface area contributed by atoms with Crippen LogP contribution in [0, 0.1) is 0 Å². The molecule has 1 aromatic heterocycles. The summed E-state index contributed by atoms with van der Waals surface area (Å²) in [6.45, 7) is 1.97. The number of aliphatic hydroxyl groups is 1. The summed E-state index contributed by atoms with van der Waals surface area (Å²) in [6.07, 6.45) is 0.709. The van der Waals surface area contributed by atoms with Gasteiger partial charge in [-0.05, 0) is 60.0 Å². The summed E-state index contributed by atoms with van der Waals surface area (Å²) in [5.74, 6) is 0.0879. The van der Waals surface area contributed by atoms with Gasteiger partial charge in [0.1, 0.15) is 23.4 Å². The SMILES string of the molecule is COc1ccc([C@@H]2C(=C(O)c3ccc4c(c3)C[C@@H](C)O4)C(=O)C(=O)N2c2nnc(SCc3ccccc3Cl)s2)cc1. The number of methoxy groups -OCH3 is 1. The average molecular weight is 606 g/mol. The topological polar surface area (TPSA) is 102 Å². The smallest absolute Gasteiger partial charge is 0.301 e. The van der Waals surface area contributed by atoms with Crippen LogP contribution in [0.1, 0.15) is 35.2 Å². The second-order valence-corrected chi connectivity index (χ2v) is 12.2. The van der Waals surface area contributed by atoms with E-state index in [4.69, 9.17) is 21.1 Å². The van der Waals surface area contributed by atoms with E-state index in [9.17, 15) is 14.7 Å². The number of rotatable bonds is 7. The maximum absolute atomic E-state index is 13.5. The minimum absolute atomic E-state index is 0.0208. The third-order valence-corrected chi connectivity index (χ3v) is 9.43. The molecule has 2 aliphatic heterocycles. The molecule has 1 saturated heterocycles. The normalized spacial score (nSPS) is 19.3. The first-order valence-corrected chi connectivity index (χ1v) is 15.0. The number of hydrogen-bond donors (Lipinski definition) is 1. The van der Waals surface area contributed by atoms with Gasteiger partial charge in [-0.1, -0.05) is 65.0 Å². The monoisotopic (exact) mass is 605 g/mol. The predicted molar refractivity (Wildman–Crippen MR) is 159 cm³/mol. The number of nitrogens with zero attached hydrogens (tertiary/aromatic N) is 3. The van der Waals surface area contributed by atoms with Crippen LogP contribution in [0.3, 0.4) is 0 Å². The van der Waals surface area contributed by atoms with Crippen LogP contribution in [-0.2, 0) is 21.8 Å². The Morgan fingerprint density at radius 3 is 2.68 bits per heavy atom. The van der Waals surface area contributed by atoms with E-state index in [1.54, 1.807) is 49.6 Å². The van der Waals surface area contributed by atoms with Gasteiger partial charge in [0.15, 0.2) is 4.34 Å². The van der Waals surface area contributed by atoms with Gasteiger partial charge in [0, 0.05) is 22.8 Å². The van der Waals surface area contributed by atoms with Gasteiger partial charge in [0.2, 0.25) is 5.13 Å². The zero-order valence-corrected chi connectivity index (χ0v) is 24.4. The minimum Gasteiger partial charge on any atom is -0.507 e. The zero-order chi connectivity index (χ0) is 28.7. The molecule has 0 spiro atoms. The number of thioether (sulfide) groups is 1. The summed E-state index contributed by atoms with van der Waals surface area (Å²) < 4.78 is 11.7. The highest BCUT2D eigenvalue weighted by Gasteiger charge is 2.48. The van der Waals surface area contributed by atoms with Gasteiger partial charge in [-0.25, -0.2) is 0 Å². The van der Waals surface area contributed by atoms with Gasteiger partial charge >= 0.3 is 5.91 Å². The van der Waals surface area contributed by atoms with Crippen LogP contribution >= 0.6 is 34.7 Å². The molecule has 11 heteroatoms. The van der Waals surface area contributed by atoms with Crippen molar-refractivity contribution in [2.75, 3.05) is 12.0 Å². The molecule has 0 aliphatic carbocycles. The van der Waals surface area contributed by atoms with E-state index in [1.807, 2.05) is 31.2 Å². The molecule has 208 valence electrons. The van der Waals surface area contributed by atoms with Gasteiger partial charge in [-0.2, -0.15) is 0 Å². The van der Waals surface area contributed by atoms with Crippen LogP contribution in [-0.4, -0.2) is 40.2 Å². The first-order valence-electron chi connectivity index (χ1n) is 12.8. The van der Waals surface area contributed by atoms with Crippen molar-refractivity contribution in [2.45, 2.75) is 35.6 Å². The lowest BCUT2D eigenvalue weighted by Gasteiger charge is -2.22. The van der Waals surface area contributed by atoms with Gasteiger partial charge in [-0.3, -0.25) is 14.5 Å². The number of aliphatic hydroxyl groups excluding tert-OH is 1. The highest BCUT2D eigenvalue weighted by atomic mass is 35.5. The summed E-state index contributed by atoms with van der Waals surface area (Å²) in [5, 5.41) is 21.0. The van der Waals surface area contributed by atoms with Crippen LogP contribution in [0.5, 0.6) is 11.5 Å². The summed E-state index contributed by atoms with van der Waals surface area (Å²) in [5.41, 5.74) is 2.91. The number of anilines is 1. The lowest BCUT2D eigenvalue weighted by molar-refractivity contribution is -0.132. The number of halogens is 1. The molecular weight excluding hydrogens is 582 g/mol. The zero-order valence-electron chi connectivity index (χ0n) is 22.0. The molecule has 41 heavy (non-hydrogen) atoms. The molecule has 6 rings (SSSR count). The quantitative estimate of drug-likeness (QED) is 0.0844. The first kappa shape index (κ1) is 27.3. The number of hydrogen-bond acceptors (Lipinski definition) is 9. The molecule has 4 aromatic rings. The molecule has 2 atom stereocenters. The Bertz CT molecular complexity index is 1690. The van der Waals surface area contributed by atoms with E-state index in [1.165, 1.54) is 28.0 Å². The maximum atomic E-state index is 13.5. The number of amides is 1. The number of ether oxygens (including phenoxy) is 2. The van der Waals surface area contributed by atoms with Crippen molar-refractivity contribution < 1.29 is 24.2 Å². The molecule has 8 nitrogen and oxygen atoms in total. The van der Waals surface area contributed by atoms with Crippen LogP contribution in [0.15, 0.2) is 76.6 Å². The van der Waals surface area contributed by atoms with Gasteiger partial charge in [-0.15, -0.1) is 10.2 Å². The third kappa shape index (κ3) is 5.18. The predicted octanol–water partition coefficient (Wildman–Crippen LogP) is 6.44. The summed E-state index contributed by atoms with van der Waals surface area (Å²) >= 11 is 8.93. The van der Waals surface area contributed by atoms with Gasteiger partial charge in [0.05, 0.1) is 18.7 Å². The van der Waals surface area contributed by atoms with Crippen molar-refractivity contribution in [3.05, 3.63) is 99.6 Å². The van der Waals surface area contributed by atoms with Crippen LogP contribution in [0.2, 0.25) is 5.02 Å². The van der Waals surface area contributed by atoms with Crippen molar-refractivity contribution in [1.82, 2.24) is 10.2 Å². The number of fused-ring (bicyclic) bond motifs is 1. The second-order valence-electron chi connectivity index (χ2n) is 9.63. The van der Waals surface area contributed by atoms with Crippen molar-refractivity contribution in [3.8, 4) is 11.5 Å². The molecule has 0 unspecified atom stereocenters. The van der Waals surface area contributed by atoms with E-state index >= 15 is 0 Å². The Kier molecular flexibility index (Phi) is 7.46. The Morgan fingerprint density at radius 2 is 1.93 bits per heavy atom. The average Bonchev–Trinajstić information content (AvgIpc) is 3.67. The first-order chi connectivity index (χ1) is 19.8. The fraction of sp³-hybridized carbons (Fsp3) is 0.200. The van der Waals surface area contributed by atoms with Crippen molar-refractivity contribution in [2.24, 2.45) is 0 Å². The lowest BCUT2D eigenvalue weighted by atomic mass is 9.94. The van der Waals surface area contributed by atoms with Crippen LogP contribution < -0.4 is 14.4 Å². The Balaban J connectivity index is 1.39. The van der Waals surface area contributed by atoms with E-state index in [2.05, 4.69) is 10.2 Å². The standard InChI is InChI=1S/C30H24ClN3O5S2/c1-16-13-20-14-18(9-12-23(20)39-16)26(35)24-25(17-7-10-21(38-2)11-8-17)34(28(37)27(24)36)29-32-33-30(41-29)40-15-19-5-3-4-6-22(19)31/h3-12,14,16,25,35H,13,15H2,1-2H3/t16-,25-/m1/s1. The third-order valence-electron chi connectivity index (χ3n) is 6.96. The number of carbonyl (C=O) groups is 2. The fourth-order valence-electron chi connectivity index (χ4n) is 4.97. The van der Waals surface area contributed by atoms with Crippen molar-refractivity contribution >= 4 is 57.3 Å². The molecule has 1 amide bonds. The maximum Gasteiger partial charge on any atom is 0.301 e. The van der Waals surface area contributed by atoms with Crippen LogP contribution in [0.4, 0.5) is 5.13 Å². The molecule has 1 fully saturated rings. The molecule has 3 aromatic carbocycles. The van der Waals surface area contributed by atoms with E-state index in [0.717, 1.165) is 16.9 Å². The summed E-state index contributed by atoms with van der Waals surface area (Å²) in [6, 6.07) is 18.9. The Hall–Kier alpha value is -3.86. The highest BCUT2D eigenvalue weighted by molar-refractivity contribution is 8.00. The molecule has 0 radical (unpaired) electrons. The number of aromatic nitrogens is 2. The van der Waals surface area contributed by atoms with Gasteiger partial charge in [0.25, 0.3) is 5.78 Å². The largest absolute Gasteiger partial charge is 0.507 e. The van der Waals surface area contributed by atoms with Crippen LogP contribution in [0.25, 0.3) is 5.76 Å². The lowest BCUT2D eigenvalue weighted by Crippen LogP contribution is -2.29. The van der Waals surface area contributed by atoms with E-state index < -0.39 is 17.7 Å². The van der Waals surface area contributed by atoms with Crippen molar-refractivity contribution in [1.29, 1.82) is 0 Å². The molecule has 0 bridgehead atoms. The number of ketones is 1. The molecular formula is C30H24ClN3O5S2.